The maximum absolute atomic E-state index is 16.7. The van der Waals surface area contributed by atoms with Crippen molar-refractivity contribution in [2.24, 2.45) is 0 Å². The van der Waals surface area contributed by atoms with Crippen LogP contribution in [-0.4, -0.2) is 76.0 Å². The number of nitrogens with one attached hydrogen (secondary N) is 2. The van der Waals surface area contributed by atoms with Gasteiger partial charge in [-0.2, -0.15) is 23.8 Å². The second-order valence-electron chi connectivity index (χ2n) is 11.8. The number of H-pyrrole nitrogens is 1. The average Bonchev–Trinajstić information content (AvgIpc) is 3.74. The molecule has 1 unspecified atom stereocenters. The first kappa shape index (κ1) is 30.3. The third kappa shape index (κ3) is 5.40. The van der Waals surface area contributed by atoms with Crippen molar-refractivity contribution < 1.29 is 17.9 Å². The van der Waals surface area contributed by atoms with Crippen molar-refractivity contribution in [1.82, 2.24) is 30.4 Å². The topological polar surface area (TPSA) is 82.2 Å². The lowest BCUT2D eigenvalue weighted by Gasteiger charge is -2.34. The lowest BCUT2D eigenvalue weighted by atomic mass is 9.92. The molecule has 0 amide bonds. The fourth-order valence-electron chi connectivity index (χ4n) is 7.19. The summed E-state index contributed by atoms with van der Waals surface area (Å²) in [5, 5.41) is 11.7. The standard InChI is InChI=1S/C31H34F3N7O.C2H6/c1-18-13-24-23(15-36-39-24)26(19(18)2)21-5-6-22-28(27(21)34)37-30(42-17-31-7-3-10-41(31)11-4-8-31)38-29(22)40-12-9-35-20(16-40)14-25(32)33;1-2/h5-6,13-15,20,35H,3-4,7-12,16-17H2,1-2H3,(H,36,39);1-2H3. The summed E-state index contributed by atoms with van der Waals surface area (Å²) in [5.41, 5.74) is 4.11. The van der Waals surface area contributed by atoms with Crippen LogP contribution in [0, 0.1) is 19.7 Å². The van der Waals surface area contributed by atoms with Crippen molar-refractivity contribution in [3.63, 3.8) is 0 Å². The van der Waals surface area contributed by atoms with Crippen LogP contribution in [0.5, 0.6) is 6.01 Å². The van der Waals surface area contributed by atoms with Gasteiger partial charge >= 0.3 is 6.01 Å². The highest BCUT2D eigenvalue weighted by Crippen LogP contribution is 2.41. The Bertz CT molecular complexity index is 1690. The van der Waals surface area contributed by atoms with E-state index in [1.54, 1.807) is 12.3 Å². The average molecular weight is 608 g/mol. The van der Waals surface area contributed by atoms with Gasteiger partial charge in [-0.3, -0.25) is 10.00 Å². The van der Waals surface area contributed by atoms with Gasteiger partial charge in [0.15, 0.2) is 5.82 Å². The number of aromatic nitrogens is 4. The molecule has 3 aliphatic rings. The van der Waals surface area contributed by atoms with Crippen molar-refractivity contribution in [3.8, 4) is 17.1 Å². The fourth-order valence-corrected chi connectivity index (χ4v) is 7.19. The summed E-state index contributed by atoms with van der Waals surface area (Å²) < 4.78 is 49.3. The van der Waals surface area contributed by atoms with Gasteiger partial charge < -0.3 is 15.0 Å². The molecule has 0 radical (unpaired) electrons. The molecular formula is C33H40F3N7O. The van der Waals surface area contributed by atoms with Crippen LogP contribution >= 0.6 is 0 Å². The number of aryl methyl sites for hydroxylation is 1. The molecule has 3 aliphatic heterocycles. The van der Waals surface area contributed by atoms with Crippen LogP contribution in [0.25, 0.3) is 32.9 Å². The number of hydrogen-bond donors (Lipinski definition) is 2. The minimum absolute atomic E-state index is 0.0337. The fraction of sp³-hybridized carbons (Fsp3) is 0.485. The number of fused-ring (bicyclic) bond motifs is 3. The minimum Gasteiger partial charge on any atom is -0.461 e. The molecule has 2 aromatic heterocycles. The lowest BCUT2D eigenvalue weighted by Crippen LogP contribution is -2.50. The number of hydrogen-bond acceptors (Lipinski definition) is 7. The number of halogens is 3. The maximum atomic E-state index is 16.7. The molecule has 5 heterocycles. The third-order valence-electron chi connectivity index (χ3n) is 9.41. The van der Waals surface area contributed by atoms with Gasteiger partial charge in [0.2, 0.25) is 0 Å². The van der Waals surface area contributed by atoms with Crippen LogP contribution in [0.2, 0.25) is 0 Å². The zero-order chi connectivity index (χ0) is 31.0. The number of benzene rings is 2. The summed E-state index contributed by atoms with van der Waals surface area (Å²) in [5.74, 6) is 0.0151. The maximum Gasteiger partial charge on any atom is 0.319 e. The van der Waals surface area contributed by atoms with Gasteiger partial charge in [0.25, 0.3) is 6.08 Å². The minimum atomic E-state index is -1.74. The lowest BCUT2D eigenvalue weighted by molar-refractivity contribution is 0.108. The molecule has 2 N–H and O–H groups in total. The number of anilines is 1. The molecule has 0 spiro atoms. The van der Waals surface area contributed by atoms with Crippen molar-refractivity contribution in [2.45, 2.75) is 65.0 Å². The monoisotopic (exact) mass is 607 g/mol. The normalized spacial score (nSPS) is 19.6. The summed E-state index contributed by atoms with van der Waals surface area (Å²) in [6.07, 6.45) is 5.26. The second-order valence-corrected chi connectivity index (χ2v) is 11.8. The molecule has 3 fully saturated rings. The van der Waals surface area contributed by atoms with E-state index in [0.29, 0.717) is 36.5 Å². The first-order chi connectivity index (χ1) is 21.3. The van der Waals surface area contributed by atoms with Gasteiger partial charge in [-0.25, -0.2) is 4.39 Å². The summed E-state index contributed by atoms with van der Waals surface area (Å²) in [6.45, 7) is 11.8. The predicted molar refractivity (Wildman–Crippen MR) is 168 cm³/mol. The zero-order valence-corrected chi connectivity index (χ0v) is 25.8. The highest BCUT2D eigenvalue weighted by atomic mass is 19.3. The Balaban J connectivity index is 0.00000168. The largest absolute Gasteiger partial charge is 0.461 e. The van der Waals surface area contributed by atoms with Crippen LogP contribution < -0.4 is 15.0 Å². The van der Waals surface area contributed by atoms with Crippen molar-refractivity contribution >= 4 is 27.6 Å². The Morgan fingerprint density at radius 1 is 1.09 bits per heavy atom. The summed E-state index contributed by atoms with van der Waals surface area (Å²) in [7, 11) is 0. The van der Waals surface area contributed by atoms with E-state index in [2.05, 4.69) is 25.4 Å². The number of rotatable bonds is 6. The van der Waals surface area contributed by atoms with E-state index in [4.69, 9.17) is 9.72 Å². The van der Waals surface area contributed by atoms with Gasteiger partial charge in [-0.1, -0.05) is 19.9 Å². The van der Waals surface area contributed by atoms with Crippen molar-refractivity contribution in [2.75, 3.05) is 44.2 Å². The second kappa shape index (κ2) is 12.4. The molecule has 0 aliphatic carbocycles. The molecule has 7 rings (SSSR count). The van der Waals surface area contributed by atoms with Crippen LogP contribution in [0.3, 0.4) is 0 Å². The van der Waals surface area contributed by atoms with Gasteiger partial charge in [0.1, 0.15) is 17.9 Å². The molecule has 1 atom stereocenters. The smallest absolute Gasteiger partial charge is 0.319 e. The molecular weight excluding hydrogens is 567 g/mol. The summed E-state index contributed by atoms with van der Waals surface area (Å²) in [4.78, 5) is 13.8. The molecule has 0 saturated carbocycles. The molecule has 4 aromatic rings. The van der Waals surface area contributed by atoms with E-state index in [0.717, 1.165) is 72.4 Å². The number of aromatic amines is 1. The zero-order valence-electron chi connectivity index (χ0n) is 25.8. The molecule has 0 bridgehead atoms. The number of ether oxygens (including phenoxy) is 1. The van der Waals surface area contributed by atoms with E-state index < -0.39 is 17.9 Å². The van der Waals surface area contributed by atoms with Gasteiger partial charge in [0, 0.05) is 42.0 Å². The molecule has 44 heavy (non-hydrogen) atoms. The van der Waals surface area contributed by atoms with E-state index >= 15 is 4.39 Å². The van der Waals surface area contributed by atoms with Gasteiger partial charge in [-0.05, 0) is 87.5 Å². The highest BCUT2D eigenvalue weighted by Gasteiger charge is 2.45. The number of piperazine rings is 1. The number of nitrogens with zero attached hydrogens (tertiary/aromatic N) is 5. The van der Waals surface area contributed by atoms with E-state index in [1.165, 1.54) is 0 Å². The SMILES string of the molecule is CC.Cc1cc2[nH]ncc2c(-c2ccc3c(N4CCNC(C=C(F)F)C4)nc(OCC45CCCN4CCC5)nc3c2F)c1C. The molecule has 234 valence electrons. The Kier molecular flexibility index (Phi) is 8.52. The first-order valence-corrected chi connectivity index (χ1v) is 15.7. The predicted octanol–water partition coefficient (Wildman–Crippen LogP) is 6.52. The van der Waals surface area contributed by atoms with Crippen molar-refractivity contribution in [1.29, 1.82) is 0 Å². The van der Waals surface area contributed by atoms with Gasteiger partial charge in [-0.15, -0.1) is 0 Å². The Morgan fingerprint density at radius 2 is 1.86 bits per heavy atom. The van der Waals surface area contributed by atoms with E-state index in [-0.39, 0.29) is 23.6 Å². The third-order valence-corrected chi connectivity index (χ3v) is 9.41. The molecule has 11 heteroatoms. The molecule has 2 aromatic carbocycles. The first-order valence-electron chi connectivity index (χ1n) is 15.7. The summed E-state index contributed by atoms with van der Waals surface area (Å²) in [6, 6.07) is 5.15. The van der Waals surface area contributed by atoms with Crippen molar-refractivity contribution in [3.05, 3.63) is 53.5 Å². The quantitative estimate of drug-likeness (QED) is 0.258. The highest BCUT2D eigenvalue weighted by molar-refractivity contribution is 6.01. The van der Waals surface area contributed by atoms with Gasteiger partial charge in [0.05, 0.1) is 17.3 Å². The molecule has 8 nitrogen and oxygen atoms in total. The van der Waals surface area contributed by atoms with Crippen LogP contribution in [0.15, 0.2) is 36.6 Å². The Morgan fingerprint density at radius 3 is 2.61 bits per heavy atom. The van der Waals surface area contributed by atoms with E-state index in [1.807, 2.05) is 44.7 Å². The Hall–Kier alpha value is -3.70. The van der Waals surface area contributed by atoms with Crippen LogP contribution in [0.1, 0.15) is 50.7 Å². The van der Waals surface area contributed by atoms with E-state index in [9.17, 15) is 8.78 Å². The van der Waals surface area contributed by atoms with Crippen LogP contribution in [0.4, 0.5) is 19.0 Å². The van der Waals surface area contributed by atoms with Crippen LogP contribution in [-0.2, 0) is 0 Å². The molecule has 3 saturated heterocycles. The Labute approximate surface area is 255 Å². The summed E-state index contributed by atoms with van der Waals surface area (Å²) >= 11 is 0.